The largest absolute Gasteiger partial charge is 0.381 e. The predicted octanol–water partition coefficient (Wildman–Crippen LogP) is 2.27. The van der Waals surface area contributed by atoms with Gasteiger partial charge >= 0.3 is 0 Å². The van der Waals surface area contributed by atoms with Crippen molar-refractivity contribution in [2.75, 3.05) is 18.9 Å². The molecule has 0 amide bonds. The molecule has 0 bridgehead atoms. The number of aromatic nitrogens is 1. The smallest absolute Gasteiger partial charge is 0.170 e. The summed E-state index contributed by atoms with van der Waals surface area (Å²) in [6.45, 7) is 5.80. The molecule has 1 aromatic rings. The lowest BCUT2D eigenvalue weighted by molar-refractivity contribution is 0.0717. The number of hydrogen-bond acceptors (Lipinski definition) is 4. The molecule has 1 saturated heterocycles. The Labute approximate surface area is 89.8 Å². The molecule has 4 nitrogen and oxygen atoms in total. The zero-order chi connectivity index (χ0) is 10.8. The first-order valence-electron chi connectivity index (χ1n) is 5.52. The molecule has 1 aliphatic heterocycles. The number of nitrogens with two attached hydrogens (primary N) is 1. The fourth-order valence-corrected chi connectivity index (χ4v) is 2.15. The molecule has 0 radical (unpaired) electrons. The van der Waals surface area contributed by atoms with Crippen LogP contribution in [0, 0.1) is 0 Å². The third-order valence-corrected chi connectivity index (χ3v) is 2.89. The number of rotatable bonds is 2. The van der Waals surface area contributed by atoms with E-state index in [1.165, 1.54) is 0 Å². The summed E-state index contributed by atoms with van der Waals surface area (Å²) in [6, 6.07) is 0. The fraction of sp³-hybridized carbons (Fsp3) is 0.727. The maximum atomic E-state index is 5.80. The van der Waals surface area contributed by atoms with E-state index < -0.39 is 0 Å². The molecular formula is C11H18N2O2. The molecule has 1 unspecified atom stereocenters. The molecule has 1 atom stereocenters. The van der Waals surface area contributed by atoms with Gasteiger partial charge in [-0.15, -0.1) is 0 Å². The zero-order valence-electron chi connectivity index (χ0n) is 9.32. The van der Waals surface area contributed by atoms with E-state index in [1.807, 2.05) is 0 Å². The maximum Gasteiger partial charge on any atom is 0.170 e. The standard InChI is InChI=1S/C11H18N2O2/c1-7(2)9-10(15-13-11(9)12)8-4-3-5-14-6-8/h7-8H,3-6H2,1-2H3,(H2,12,13). The van der Waals surface area contributed by atoms with Crippen LogP contribution in [0.5, 0.6) is 0 Å². The average molecular weight is 210 g/mol. The summed E-state index contributed by atoms with van der Waals surface area (Å²) in [5.41, 5.74) is 6.86. The Hall–Kier alpha value is -1.03. The van der Waals surface area contributed by atoms with Crippen LogP contribution in [0.25, 0.3) is 0 Å². The van der Waals surface area contributed by atoms with Crippen LogP contribution in [-0.2, 0) is 4.74 Å². The number of nitrogens with zero attached hydrogens (tertiary/aromatic N) is 1. The molecule has 1 fully saturated rings. The van der Waals surface area contributed by atoms with Crippen LogP contribution in [0.1, 0.15) is 49.8 Å². The van der Waals surface area contributed by atoms with Crippen LogP contribution in [-0.4, -0.2) is 18.4 Å². The fourth-order valence-electron chi connectivity index (χ4n) is 2.15. The quantitative estimate of drug-likeness (QED) is 0.813. The van der Waals surface area contributed by atoms with Crippen molar-refractivity contribution < 1.29 is 9.26 Å². The van der Waals surface area contributed by atoms with Gasteiger partial charge in [-0.3, -0.25) is 0 Å². The molecule has 1 aromatic heterocycles. The molecule has 0 aliphatic carbocycles. The van der Waals surface area contributed by atoms with Gasteiger partial charge in [-0.25, -0.2) is 0 Å². The molecule has 0 spiro atoms. The van der Waals surface area contributed by atoms with Crippen LogP contribution < -0.4 is 5.73 Å². The average Bonchev–Trinajstić information content (AvgIpc) is 2.61. The molecule has 15 heavy (non-hydrogen) atoms. The lowest BCUT2D eigenvalue weighted by atomic mass is 9.92. The lowest BCUT2D eigenvalue weighted by Gasteiger charge is -2.21. The topological polar surface area (TPSA) is 61.3 Å². The summed E-state index contributed by atoms with van der Waals surface area (Å²) in [5, 5.41) is 3.86. The van der Waals surface area contributed by atoms with Gasteiger partial charge in [0.2, 0.25) is 0 Å². The highest BCUT2D eigenvalue weighted by atomic mass is 16.5. The van der Waals surface area contributed by atoms with Crippen molar-refractivity contribution in [2.45, 2.75) is 38.5 Å². The first-order chi connectivity index (χ1) is 7.20. The first kappa shape index (κ1) is 10.5. The van der Waals surface area contributed by atoms with Crippen molar-refractivity contribution >= 4 is 5.82 Å². The van der Waals surface area contributed by atoms with Gasteiger partial charge in [0.15, 0.2) is 5.82 Å². The Bertz CT molecular complexity index is 327. The molecule has 2 N–H and O–H groups in total. The van der Waals surface area contributed by atoms with Gasteiger partial charge in [0.05, 0.1) is 6.61 Å². The van der Waals surface area contributed by atoms with Crippen LogP contribution in [0.4, 0.5) is 5.82 Å². The van der Waals surface area contributed by atoms with Gasteiger partial charge in [-0.1, -0.05) is 19.0 Å². The number of ether oxygens (including phenoxy) is 1. The maximum absolute atomic E-state index is 5.80. The van der Waals surface area contributed by atoms with E-state index in [1.54, 1.807) is 0 Å². The molecule has 2 rings (SSSR count). The summed E-state index contributed by atoms with van der Waals surface area (Å²) in [4.78, 5) is 0. The molecule has 1 aliphatic rings. The Morgan fingerprint density at radius 2 is 2.27 bits per heavy atom. The summed E-state index contributed by atoms with van der Waals surface area (Å²) >= 11 is 0. The number of anilines is 1. The molecule has 0 aromatic carbocycles. The van der Waals surface area contributed by atoms with E-state index in [0.29, 0.717) is 17.7 Å². The highest BCUT2D eigenvalue weighted by molar-refractivity contribution is 5.44. The minimum absolute atomic E-state index is 0.334. The Morgan fingerprint density at radius 3 is 2.87 bits per heavy atom. The van der Waals surface area contributed by atoms with Crippen LogP contribution in [0.3, 0.4) is 0 Å². The third kappa shape index (κ3) is 2.00. The van der Waals surface area contributed by atoms with Gasteiger partial charge in [-0.2, -0.15) is 0 Å². The second kappa shape index (κ2) is 4.23. The second-order valence-corrected chi connectivity index (χ2v) is 4.41. The van der Waals surface area contributed by atoms with Crippen molar-refractivity contribution in [3.05, 3.63) is 11.3 Å². The van der Waals surface area contributed by atoms with Gasteiger partial charge in [0.25, 0.3) is 0 Å². The third-order valence-electron chi connectivity index (χ3n) is 2.89. The summed E-state index contributed by atoms with van der Waals surface area (Å²) in [6.07, 6.45) is 2.19. The monoisotopic (exact) mass is 210 g/mol. The highest BCUT2D eigenvalue weighted by Crippen LogP contribution is 2.34. The van der Waals surface area contributed by atoms with Crippen molar-refractivity contribution in [3.63, 3.8) is 0 Å². The van der Waals surface area contributed by atoms with Crippen LogP contribution in [0.15, 0.2) is 4.52 Å². The van der Waals surface area contributed by atoms with Gasteiger partial charge < -0.3 is 15.0 Å². The SMILES string of the molecule is CC(C)c1c(N)noc1C1CCCOC1. The van der Waals surface area contributed by atoms with Crippen molar-refractivity contribution in [3.8, 4) is 0 Å². The Balaban J connectivity index is 2.26. The molecule has 4 heteroatoms. The van der Waals surface area contributed by atoms with Gasteiger partial charge in [0.1, 0.15) is 5.76 Å². The molecule has 0 saturated carbocycles. The lowest BCUT2D eigenvalue weighted by Crippen LogP contribution is -2.16. The van der Waals surface area contributed by atoms with E-state index >= 15 is 0 Å². The summed E-state index contributed by atoms with van der Waals surface area (Å²) < 4.78 is 10.8. The van der Waals surface area contributed by atoms with E-state index in [4.69, 9.17) is 15.0 Å². The van der Waals surface area contributed by atoms with Crippen molar-refractivity contribution in [2.24, 2.45) is 0 Å². The highest BCUT2D eigenvalue weighted by Gasteiger charge is 2.26. The zero-order valence-corrected chi connectivity index (χ0v) is 9.32. The summed E-state index contributed by atoms with van der Waals surface area (Å²) in [5.74, 6) is 2.15. The predicted molar refractivity (Wildman–Crippen MR) is 57.8 cm³/mol. The normalized spacial score (nSPS) is 22.2. The van der Waals surface area contributed by atoms with E-state index in [-0.39, 0.29) is 0 Å². The molecular weight excluding hydrogens is 192 g/mol. The summed E-state index contributed by atoms with van der Waals surface area (Å²) in [7, 11) is 0. The minimum atomic E-state index is 0.334. The van der Waals surface area contributed by atoms with Crippen LogP contribution >= 0.6 is 0 Å². The van der Waals surface area contributed by atoms with E-state index in [9.17, 15) is 0 Å². The Morgan fingerprint density at radius 1 is 1.47 bits per heavy atom. The first-order valence-corrected chi connectivity index (χ1v) is 5.52. The van der Waals surface area contributed by atoms with E-state index in [2.05, 4.69) is 19.0 Å². The number of hydrogen-bond donors (Lipinski definition) is 1. The second-order valence-electron chi connectivity index (χ2n) is 4.41. The van der Waals surface area contributed by atoms with Gasteiger partial charge in [0, 0.05) is 18.1 Å². The van der Waals surface area contributed by atoms with Crippen molar-refractivity contribution in [1.29, 1.82) is 0 Å². The van der Waals surface area contributed by atoms with Crippen LogP contribution in [0.2, 0.25) is 0 Å². The van der Waals surface area contributed by atoms with Crippen molar-refractivity contribution in [1.82, 2.24) is 5.16 Å². The Kier molecular flexibility index (Phi) is 2.95. The minimum Gasteiger partial charge on any atom is -0.381 e. The molecule has 84 valence electrons. The molecule has 2 heterocycles. The van der Waals surface area contributed by atoms with Gasteiger partial charge in [-0.05, 0) is 18.8 Å². The van der Waals surface area contributed by atoms with E-state index in [0.717, 1.165) is 37.4 Å². The number of nitrogen functional groups attached to an aromatic ring is 1.